The third kappa shape index (κ3) is 2.71. The van der Waals surface area contributed by atoms with Crippen molar-refractivity contribution in [3.63, 3.8) is 0 Å². The first kappa shape index (κ1) is 12.6. The lowest BCUT2D eigenvalue weighted by Gasteiger charge is -2.19. The highest BCUT2D eigenvalue weighted by atomic mass is 32.1. The zero-order valence-electron chi connectivity index (χ0n) is 10.6. The van der Waals surface area contributed by atoms with Crippen molar-refractivity contribution in [2.75, 3.05) is 11.9 Å². The van der Waals surface area contributed by atoms with Gasteiger partial charge in [0.05, 0.1) is 6.54 Å². The Kier molecular flexibility index (Phi) is 3.67. The fourth-order valence-corrected chi connectivity index (χ4v) is 2.67. The second-order valence-electron chi connectivity index (χ2n) is 4.35. The van der Waals surface area contributed by atoms with E-state index in [1.54, 1.807) is 11.3 Å². The van der Waals surface area contributed by atoms with Crippen LogP contribution in [0.2, 0.25) is 0 Å². The molecule has 0 atom stereocenters. The summed E-state index contributed by atoms with van der Waals surface area (Å²) >= 11 is 1.76. The van der Waals surface area contributed by atoms with E-state index in [-0.39, 0.29) is 5.84 Å². The van der Waals surface area contributed by atoms with Crippen LogP contribution in [0.4, 0.5) is 5.69 Å². The molecule has 0 unspecified atom stereocenters. The predicted molar refractivity (Wildman–Crippen MR) is 78.6 cm³/mol. The highest BCUT2D eigenvalue weighted by molar-refractivity contribution is 7.09. The number of nitrogens with one attached hydrogen (secondary N) is 1. The van der Waals surface area contributed by atoms with Crippen LogP contribution in [0.25, 0.3) is 0 Å². The lowest BCUT2D eigenvalue weighted by molar-refractivity contribution is 0.939. The molecule has 0 amide bonds. The van der Waals surface area contributed by atoms with Gasteiger partial charge in [-0.2, -0.15) is 0 Å². The van der Waals surface area contributed by atoms with E-state index >= 15 is 0 Å². The number of anilines is 1. The predicted octanol–water partition coefficient (Wildman–Crippen LogP) is 2.98. The van der Waals surface area contributed by atoms with Crippen LogP contribution in [-0.2, 0) is 6.54 Å². The summed E-state index contributed by atoms with van der Waals surface area (Å²) in [6.45, 7) is 2.88. The van der Waals surface area contributed by atoms with Crippen LogP contribution in [0.15, 0.2) is 35.7 Å². The molecule has 3 nitrogen and oxygen atoms in total. The zero-order valence-corrected chi connectivity index (χ0v) is 11.4. The Balaban J connectivity index is 2.18. The zero-order chi connectivity index (χ0) is 13.1. The van der Waals surface area contributed by atoms with Crippen molar-refractivity contribution in [1.82, 2.24) is 0 Å². The summed E-state index contributed by atoms with van der Waals surface area (Å²) in [6, 6.07) is 10.2. The van der Waals surface area contributed by atoms with Gasteiger partial charge in [-0.05, 0) is 42.1 Å². The first-order valence-corrected chi connectivity index (χ1v) is 6.64. The number of thiophene rings is 1. The highest BCUT2D eigenvalue weighted by Crippen LogP contribution is 2.21. The third-order valence-corrected chi connectivity index (χ3v) is 3.78. The molecule has 1 heterocycles. The van der Waals surface area contributed by atoms with Gasteiger partial charge in [0.1, 0.15) is 5.84 Å². The van der Waals surface area contributed by atoms with Crippen molar-refractivity contribution in [3.8, 4) is 0 Å². The fourth-order valence-electron chi connectivity index (χ4n) is 1.92. The molecule has 3 N–H and O–H groups in total. The molecule has 0 saturated heterocycles. The molecule has 94 valence electrons. The minimum absolute atomic E-state index is 0.125. The van der Waals surface area contributed by atoms with Crippen LogP contribution < -0.4 is 10.6 Å². The SMILES string of the molecule is Cc1cc(N(C)Cc2cccs2)ccc1C(=N)N. The third-order valence-electron chi connectivity index (χ3n) is 2.91. The lowest BCUT2D eigenvalue weighted by atomic mass is 10.1. The van der Waals surface area contributed by atoms with Crippen LogP contribution in [0.3, 0.4) is 0 Å². The molecule has 0 radical (unpaired) electrons. The molecule has 18 heavy (non-hydrogen) atoms. The Hall–Kier alpha value is -1.81. The van der Waals surface area contributed by atoms with E-state index in [4.69, 9.17) is 11.1 Å². The van der Waals surface area contributed by atoms with Gasteiger partial charge in [-0.3, -0.25) is 5.41 Å². The maximum absolute atomic E-state index is 7.48. The summed E-state index contributed by atoms with van der Waals surface area (Å²) in [4.78, 5) is 3.54. The quantitative estimate of drug-likeness (QED) is 0.655. The summed E-state index contributed by atoms with van der Waals surface area (Å²) in [7, 11) is 2.07. The molecule has 4 heteroatoms. The number of nitrogen functional groups attached to an aromatic ring is 1. The monoisotopic (exact) mass is 259 g/mol. The van der Waals surface area contributed by atoms with Gasteiger partial charge in [0.15, 0.2) is 0 Å². The normalized spacial score (nSPS) is 10.3. The number of hydrogen-bond donors (Lipinski definition) is 2. The second-order valence-corrected chi connectivity index (χ2v) is 5.38. The van der Waals surface area contributed by atoms with Crippen LogP contribution >= 0.6 is 11.3 Å². The molecule has 1 aromatic heterocycles. The molecule has 2 aromatic rings. The number of aryl methyl sites for hydroxylation is 1. The topological polar surface area (TPSA) is 53.1 Å². The number of nitrogens with zero attached hydrogens (tertiary/aromatic N) is 1. The molecule has 0 fully saturated rings. The van der Waals surface area contributed by atoms with E-state index in [0.717, 1.165) is 23.4 Å². The lowest BCUT2D eigenvalue weighted by Crippen LogP contribution is -2.17. The average molecular weight is 259 g/mol. The minimum atomic E-state index is 0.125. The van der Waals surface area contributed by atoms with Crippen molar-refractivity contribution < 1.29 is 0 Å². The Labute approximate surface area is 111 Å². The van der Waals surface area contributed by atoms with Gasteiger partial charge in [0.2, 0.25) is 0 Å². The molecule has 0 saturated carbocycles. The van der Waals surface area contributed by atoms with E-state index in [9.17, 15) is 0 Å². The van der Waals surface area contributed by atoms with Crippen LogP contribution in [0.5, 0.6) is 0 Å². The van der Waals surface area contributed by atoms with Gasteiger partial charge in [-0.15, -0.1) is 11.3 Å². The van der Waals surface area contributed by atoms with Gasteiger partial charge in [0, 0.05) is 23.2 Å². The second kappa shape index (κ2) is 5.23. The number of benzene rings is 1. The summed E-state index contributed by atoms with van der Waals surface area (Å²) < 4.78 is 0. The summed E-state index contributed by atoms with van der Waals surface area (Å²) in [6.07, 6.45) is 0. The molecule has 0 aliphatic heterocycles. The largest absolute Gasteiger partial charge is 0.384 e. The van der Waals surface area contributed by atoms with Crippen molar-refractivity contribution in [3.05, 3.63) is 51.7 Å². The maximum atomic E-state index is 7.48. The molecule has 1 aromatic carbocycles. The average Bonchev–Trinajstić information content (AvgIpc) is 2.81. The first-order valence-electron chi connectivity index (χ1n) is 5.76. The number of rotatable bonds is 4. The maximum Gasteiger partial charge on any atom is 0.123 e. The van der Waals surface area contributed by atoms with Gasteiger partial charge in [-0.1, -0.05) is 6.07 Å². The standard InChI is InChI=1S/C14H17N3S/c1-10-8-11(5-6-13(10)14(15)16)17(2)9-12-4-3-7-18-12/h3-8H,9H2,1-2H3,(H3,15,16). The number of amidine groups is 1. The molecule has 0 aliphatic rings. The highest BCUT2D eigenvalue weighted by Gasteiger charge is 2.06. The number of nitrogens with two attached hydrogens (primary N) is 1. The Morgan fingerprint density at radius 1 is 1.39 bits per heavy atom. The summed E-state index contributed by atoms with van der Waals surface area (Å²) in [5, 5.41) is 9.57. The number of hydrogen-bond acceptors (Lipinski definition) is 3. The van der Waals surface area contributed by atoms with Crippen molar-refractivity contribution in [2.45, 2.75) is 13.5 Å². The molecule has 0 spiro atoms. The summed E-state index contributed by atoms with van der Waals surface area (Å²) in [5.74, 6) is 0.125. The molecule has 2 rings (SSSR count). The van der Waals surface area contributed by atoms with E-state index in [2.05, 4.69) is 35.5 Å². The van der Waals surface area contributed by atoms with Crippen LogP contribution in [-0.4, -0.2) is 12.9 Å². The minimum Gasteiger partial charge on any atom is -0.384 e. The van der Waals surface area contributed by atoms with Crippen molar-refractivity contribution in [2.24, 2.45) is 5.73 Å². The van der Waals surface area contributed by atoms with Crippen molar-refractivity contribution >= 4 is 22.9 Å². The first-order chi connectivity index (χ1) is 8.58. The van der Waals surface area contributed by atoms with Gasteiger partial charge >= 0.3 is 0 Å². The van der Waals surface area contributed by atoms with Gasteiger partial charge < -0.3 is 10.6 Å². The molecule has 0 aliphatic carbocycles. The van der Waals surface area contributed by atoms with Crippen LogP contribution in [0, 0.1) is 12.3 Å². The van der Waals surface area contributed by atoms with E-state index in [0.29, 0.717) is 0 Å². The van der Waals surface area contributed by atoms with Crippen molar-refractivity contribution in [1.29, 1.82) is 5.41 Å². The van der Waals surface area contributed by atoms with E-state index in [1.165, 1.54) is 4.88 Å². The Morgan fingerprint density at radius 3 is 2.72 bits per heavy atom. The molecular formula is C14H17N3S. The van der Waals surface area contributed by atoms with E-state index in [1.807, 2.05) is 19.1 Å². The molecule has 0 bridgehead atoms. The van der Waals surface area contributed by atoms with Gasteiger partial charge in [-0.25, -0.2) is 0 Å². The summed E-state index contributed by atoms with van der Waals surface area (Å²) in [5.41, 5.74) is 8.51. The van der Waals surface area contributed by atoms with E-state index < -0.39 is 0 Å². The smallest absolute Gasteiger partial charge is 0.123 e. The van der Waals surface area contributed by atoms with Gasteiger partial charge in [0.25, 0.3) is 0 Å². The fraction of sp³-hybridized carbons (Fsp3) is 0.214. The van der Waals surface area contributed by atoms with Crippen LogP contribution in [0.1, 0.15) is 16.0 Å². The molecular weight excluding hydrogens is 242 g/mol. The Bertz CT molecular complexity index is 546. The Morgan fingerprint density at radius 2 is 2.17 bits per heavy atom.